The molecule has 5 heteroatoms. The minimum absolute atomic E-state index is 0.101. The van der Waals surface area contributed by atoms with E-state index >= 15 is 0 Å². The minimum Gasteiger partial charge on any atom is -0.469 e. The number of thioether (sulfide) groups is 1. The van der Waals surface area contributed by atoms with Gasteiger partial charge in [-0.05, 0) is 36.0 Å². The van der Waals surface area contributed by atoms with Crippen LogP contribution in [-0.4, -0.2) is 25.4 Å². The fourth-order valence-corrected chi connectivity index (χ4v) is 3.88. The van der Waals surface area contributed by atoms with Crippen molar-refractivity contribution in [3.05, 3.63) is 34.3 Å². The first-order chi connectivity index (χ1) is 9.58. The molecule has 0 aliphatic heterocycles. The van der Waals surface area contributed by atoms with Crippen molar-refractivity contribution in [2.24, 2.45) is 11.1 Å². The normalized spacial score (nSPS) is 17.6. The number of methoxy groups -OCH3 is 1. The van der Waals surface area contributed by atoms with Gasteiger partial charge in [-0.15, -0.1) is 0 Å². The molecule has 2 rings (SSSR count). The molecule has 0 bridgehead atoms. The predicted molar refractivity (Wildman–Crippen MR) is 86.7 cm³/mol. The molecule has 0 saturated heterocycles. The van der Waals surface area contributed by atoms with Crippen LogP contribution >= 0.6 is 27.7 Å². The van der Waals surface area contributed by atoms with Crippen LogP contribution in [0.3, 0.4) is 0 Å². The maximum atomic E-state index is 11.4. The van der Waals surface area contributed by atoms with Crippen LogP contribution in [0, 0.1) is 5.41 Å². The summed E-state index contributed by atoms with van der Waals surface area (Å²) < 4.78 is 5.85. The third-order valence-corrected chi connectivity index (χ3v) is 5.93. The Kier molecular flexibility index (Phi) is 5.52. The number of benzene rings is 1. The molecule has 0 spiro atoms. The van der Waals surface area contributed by atoms with E-state index in [2.05, 4.69) is 28.1 Å². The van der Waals surface area contributed by atoms with Gasteiger partial charge in [-0.1, -0.05) is 28.1 Å². The molecule has 1 aromatic carbocycles. The lowest BCUT2D eigenvalue weighted by Gasteiger charge is -2.19. The van der Waals surface area contributed by atoms with E-state index in [0.29, 0.717) is 18.2 Å². The number of hydrogen-bond acceptors (Lipinski definition) is 4. The fourth-order valence-electron chi connectivity index (χ4n) is 2.18. The van der Waals surface area contributed by atoms with Crippen LogP contribution in [0.25, 0.3) is 0 Å². The summed E-state index contributed by atoms with van der Waals surface area (Å²) in [5, 5.41) is 0.290. The maximum Gasteiger partial charge on any atom is 0.306 e. The van der Waals surface area contributed by atoms with Crippen LogP contribution in [0.15, 0.2) is 28.7 Å². The van der Waals surface area contributed by atoms with Crippen LogP contribution in [-0.2, 0) is 9.53 Å². The van der Waals surface area contributed by atoms with Gasteiger partial charge in [-0.3, -0.25) is 4.79 Å². The summed E-state index contributed by atoms with van der Waals surface area (Å²) in [4.78, 5) is 11.4. The topological polar surface area (TPSA) is 52.3 Å². The second kappa shape index (κ2) is 6.96. The molecule has 110 valence electrons. The Bertz CT molecular complexity index is 459. The van der Waals surface area contributed by atoms with Gasteiger partial charge in [0.25, 0.3) is 0 Å². The summed E-state index contributed by atoms with van der Waals surface area (Å²) in [5.74, 6) is 0.871. The second-order valence-electron chi connectivity index (χ2n) is 5.34. The van der Waals surface area contributed by atoms with Gasteiger partial charge in [0.15, 0.2) is 0 Å². The number of esters is 1. The summed E-state index contributed by atoms with van der Waals surface area (Å²) in [7, 11) is 1.45. The van der Waals surface area contributed by atoms with Gasteiger partial charge in [0.1, 0.15) is 0 Å². The zero-order chi connectivity index (χ0) is 14.6. The lowest BCUT2D eigenvalue weighted by molar-refractivity contribution is -0.141. The molecular weight excluding hydrogens is 338 g/mol. The number of carbonyl (C=O) groups excluding carboxylic acids is 1. The van der Waals surface area contributed by atoms with E-state index in [-0.39, 0.29) is 11.4 Å². The van der Waals surface area contributed by atoms with Crippen molar-refractivity contribution in [3.63, 3.8) is 0 Å². The molecule has 1 atom stereocenters. The smallest absolute Gasteiger partial charge is 0.306 e. The Hall–Kier alpha value is -0.520. The highest BCUT2D eigenvalue weighted by Gasteiger charge is 2.44. The monoisotopic (exact) mass is 357 g/mol. The molecule has 1 aliphatic carbocycles. The first-order valence-corrected chi connectivity index (χ1v) is 8.57. The maximum absolute atomic E-state index is 11.4. The standard InChI is InChI=1S/C15H20BrNO2S/c1-19-14(18)8-15(6-7-15)10-20-13(9-17)11-2-4-12(16)5-3-11/h2-5,13H,6-10,17H2,1H3. The minimum atomic E-state index is -0.101. The van der Waals surface area contributed by atoms with Crippen molar-refractivity contribution in [1.82, 2.24) is 0 Å². The van der Waals surface area contributed by atoms with Gasteiger partial charge in [-0.25, -0.2) is 0 Å². The van der Waals surface area contributed by atoms with E-state index < -0.39 is 0 Å². The third-order valence-electron chi connectivity index (χ3n) is 3.75. The van der Waals surface area contributed by atoms with Gasteiger partial charge in [-0.2, -0.15) is 11.8 Å². The Morgan fingerprint density at radius 3 is 2.60 bits per heavy atom. The molecule has 20 heavy (non-hydrogen) atoms. The quantitative estimate of drug-likeness (QED) is 0.758. The van der Waals surface area contributed by atoms with Crippen molar-refractivity contribution >= 4 is 33.7 Å². The van der Waals surface area contributed by atoms with E-state index in [0.717, 1.165) is 23.1 Å². The van der Waals surface area contributed by atoms with E-state index in [4.69, 9.17) is 10.5 Å². The van der Waals surface area contributed by atoms with E-state index in [1.165, 1.54) is 12.7 Å². The first kappa shape index (κ1) is 15.9. The highest BCUT2D eigenvalue weighted by atomic mass is 79.9. The number of carbonyl (C=O) groups is 1. The highest BCUT2D eigenvalue weighted by molar-refractivity contribution is 9.10. The summed E-state index contributed by atoms with van der Waals surface area (Å²) in [6.45, 7) is 0.612. The molecule has 0 radical (unpaired) electrons. The Morgan fingerprint density at radius 2 is 2.10 bits per heavy atom. The number of rotatable bonds is 7. The van der Waals surface area contributed by atoms with Crippen molar-refractivity contribution in [3.8, 4) is 0 Å². The molecule has 2 N–H and O–H groups in total. The Balaban J connectivity index is 1.91. The van der Waals surface area contributed by atoms with Gasteiger partial charge >= 0.3 is 5.97 Å². The molecule has 1 aliphatic rings. The van der Waals surface area contributed by atoms with Crippen LogP contribution in [0.2, 0.25) is 0 Å². The summed E-state index contributed by atoms with van der Waals surface area (Å²) in [6, 6.07) is 8.29. The van der Waals surface area contributed by atoms with E-state index in [1.54, 1.807) is 0 Å². The van der Waals surface area contributed by atoms with Crippen LogP contribution < -0.4 is 5.73 Å². The predicted octanol–water partition coefficient (Wildman–Crippen LogP) is 3.53. The molecule has 0 amide bonds. The number of nitrogens with two attached hydrogens (primary N) is 1. The summed E-state index contributed by atoms with van der Waals surface area (Å²) >= 11 is 5.30. The molecule has 1 aromatic rings. The van der Waals surface area contributed by atoms with Crippen LogP contribution in [0.4, 0.5) is 0 Å². The zero-order valence-electron chi connectivity index (χ0n) is 11.6. The third kappa shape index (κ3) is 4.24. The Morgan fingerprint density at radius 1 is 1.45 bits per heavy atom. The molecule has 1 fully saturated rings. The molecule has 0 aromatic heterocycles. The van der Waals surface area contributed by atoms with E-state index in [1.807, 2.05) is 23.9 Å². The van der Waals surface area contributed by atoms with Gasteiger partial charge in [0.05, 0.1) is 13.5 Å². The molecule has 1 unspecified atom stereocenters. The fraction of sp³-hybridized carbons (Fsp3) is 0.533. The van der Waals surface area contributed by atoms with Crippen molar-refractivity contribution < 1.29 is 9.53 Å². The van der Waals surface area contributed by atoms with Gasteiger partial charge < -0.3 is 10.5 Å². The van der Waals surface area contributed by atoms with Crippen molar-refractivity contribution in [2.75, 3.05) is 19.4 Å². The number of halogens is 1. The van der Waals surface area contributed by atoms with Crippen LogP contribution in [0.5, 0.6) is 0 Å². The number of hydrogen-bond donors (Lipinski definition) is 1. The lowest BCUT2D eigenvalue weighted by atomic mass is 10.1. The largest absolute Gasteiger partial charge is 0.469 e. The molecule has 3 nitrogen and oxygen atoms in total. The lowest BCUT2D eigenvalue weighted by Crippen LogP contribution is -2.16. The highest BCUT2D eigenvalue weighted by Crippen LogP contribution is 2.52. The average molecular weight is 358 g/mol. The van der Waals surface area contributed by atoms with Crippen molar-refractivity contribution in [1.29, 1.82) is 0 Å². The molecule has 0 heterocycles. The van der Waals surface area contributed by atoms with Crippen LogP contribution in [0.1, 0.15) is 30.1 Å². The van der Waals surface area contributed by atoms with E-state index in [9.17, 15) is 4.79 Å². The summed E-state index contributed by atoms with van der Waals surface area (Å²) in [5.41, 5.74) is 7.29. The van der Waals surface area contributed by atoms with Gasteiger partial charge in [0.2, 0.25) is 0 Å². The number of ether oxygens (including phenoxy) is 1. The zero-order valence-corrected chi connectivity index (χ0v) is 14.0. The molecular formula is C15H20BrNO2S. The molecule has 1 saturated carbocycles. The average Bonchev–Trinajstić information content (AvgIpc) is 3.21. The summed E-state index contributed by atoms with van der Waals surface area (Å²) in [6.07, 6.45) is 2.77. The Labute approximate surface area is 132 Å². The first-order valence-electron chi connectivity index (χ1n) is 6.72. The van der Waals surface area contributed by atoms with Crippen molar-refractivity contribution in [2.45, 2.75) is 24.5 Å². The second-order valence-corrected chi connectivity index (χ2v) is 7.45. The van der Waals surface area contributed by atoms with Gasteiger partial charge in [0, 0.05) is 22.0 Å². The SMILES string of the molecule is COC(=O)CC1(CSC(CN)c2ccc(Br)cc2)CC1.